The third kappa shape index (κ3) is 9.32. The molecule has 2 aromatic carbocycles. The first-order valence-electron chi connectivity index (χ1n) is 15.8. The Labute approximate surface area is 267 Å². The molecule has 1 saturated heterocycles. The van der Waals surface area contributed by atoms with Gasteiger partial charge >= 0.3 is 18.0 Å². The standard InChI is InChI=1S/C34H43N5O7/c1-21(2)17-27(38-34(46)39-15-7-3-4-8-16-39)30(40)36-28(19-24-20-35-26-10-6-5-9-25(24)26)31(41)37-29(33(44)45)18-22-11-13-23(14-12-22)32(42)43/h5-6,9-14,20-21,27-29,35H,3-4,7-8,15-19H2,1-2H3,(H,36,40)(H,37,41)(H,38,46)(H,42,43)(H,44,45)/t27-,28+,29+/m0/s1. The summed E-state index contributed by atoms with van der Waals surface area (Å²) < 4.78 is 0. The van der Waals surface area contributed by atoms with Crippen LogP contribution in [0.3, 0.4) is 0 Å². The number of fused-ring (bicyclic) bond motifs is 1. The summed E-state index contributed by atoms with van der Waals surface area (Å²) in [5, 5.41) is 28.3. The van der Waals surface area contributed by atoms with Crippen LogP contribution < -0.4 is 16.0 Å². The highest BCUT2D eigenvalue weighted by Crippen LogP contribution is 2.20. The Bertz CT molecular complexity index is 1530. The number of urea groups is 1. The van der Waals surface area contributed by atoms with Crippen LogP contribution in [0.4, 0.5) is 4.79 Å². The normalized spacial score (nSPS) is 15.4. The molecular formula is C34H43N5O7. The van der Waals surface area contributed by atoms with Crippen LogP contribution in [0.2, 0.25) is 0 Å². The summed E-state index contributed by atoms with van der Waals surface area (Å²) in [7, 11) is 0. The zero-order valence-corrected chi connectivity index (χ0v) is 26.3. The number of carbonyl (C=O) groups is 5. The molecule has 3 aromatic rings. The quantitative estimate of drug-likeness (QED) is 0.166. The van der Waals surface area contributed by atoms with E-state index in [1.165, 1.54) is 24.3 Å². The summed E-state index contributed by atoms with van der Waals surface area (Å²) in [6.45, 7) is 5.11. The monoisotopic (exact) mass is 633 g/mol. The maximum Gasteiger partial charge on any atom is 0.335 e. The third-order valence-corrected chi connectivity index (χ3v) is 8.20. The van der Waals surface area contributed by atoms with E-state index in [0.717, 1.165) is 42.1 Å². The van der Waals surface area contributed by atoms with Crippen LogP contribution in [0.15, 0.2) is 54.7 Å². The Balaban J connectivity index is 1.55. The molecule has 0 aliphatic carbocycles. The molecule has 0 saturated carbocycles. The fraction of sp³-hybridized carbons (Fsp3) is 0.441. The van der Waals surface area contributed by atoms with Crippen molar-refractivity contribution >= 4 is 40.7 Å². The number of nitrogens with one attached hydrogen (secondary N) is 4. The summed E-state index contributed by atoms with van der Waals surface area (Å²) in [6.07, 6.45) is 5.96. The van der Waals surface area contributed by atoms with Crippen LogP contribution in [0.25, 0.3) is 10.9 Å². The highest BCUT2D eigenvalue weighted by atomic mass is 16.4. The van der Waals surface area contributed by atoms with Crippen molar-refractivity contribution < 1.29 is 34.2 Å². The Hall–Kier alpha value is -4.87. The highest BCUT2D eigenvalue weighted by molar-refractivity contribution is 5.94. The van der Waals surface area contributed by atoms with Gasteiger partial charge in [-0.1, -0.05) is 57.0 Å². The first kappa shape index (κ1) is 34.0. The average molecular weight is 634 g/mol. The lowest BCUT2D eigenvalue weighted by Gasteiger charge is -2.28. The van der Waals surface area contributed by atoms with Gasteiger partial charge in [0, 0.05) is 43.0 Å². The second-order valence-corrected chi connectivity index (χ2v) is 12.3. The Kier molecular flexibility index (Phi) is 11.8. The minimum Gasteiger partial charge on any atom is -0.480 e. The third-order valence-electron chi connectivity index (χ3n) is 8.20. The van der Waals surface area contributed by atoms with E-state index in [1.54, 1.807) is 11.1 Å². The van der Waals surface area contributed by atoms with Crippen molar-refractivity contribution in [1.82, 2.24) is 25.8 Å². The largest absolute Gasteiger partial charge is 0.480 e. The van der Waals surface area contributed by atoms with E-state index in [0.29, 0.717) is 25.1 Å². The Morgan fingerprint density at radius 2 is 1.41 bits per heavy atom. The summed E-state index contributed by atoms with van der Waals surface area (Å²) in [4.78, 5) is 69.0. The van der Waals surface area contributed by atoms with E-state index in [9.17, 15) is 29.1 Å². The molecule has 0 spiro atoms. The summed E-state index contributed by atoms with van der Waals surface area (Å²) in [5.41, 5.74) is 2.17. The molecule has 0 bridgehead atoms. The van der Waals surface area contributed by atoms with Gasteiger partial charge in [-0.3, -0.25) is 9.59 Å². The molecule has 246 valence electrons. The van der Waals surface area contributed by atoms with Gasteiger partial charge in [-0.2, -0.15) is 0 Å². The number of amides is 4. The number of rotatable bonds is 13. The first-order chi connectivity index (χ1) is 22.0. The molecule has 0 unspecified atom stereocenters. The lowest BCUT2D eigenvalue weighted by Crippen LogP contribution is -2.58. The number of para-hydroxylation sites is 1. The van der Waals surface area contributed by atoms with E-state index < -0.39 is 41.9 Å². The van der Waals surface area contributed by atoms with Gasteiger partial charge in [0.2, 0.25) is 11.8 Å². The molecule has 2 heterocycles. The summed E-state index contributed by atoms with van der Waals surface area (Å²) in [6, 6.07) is 9.52. The SMILES string of the molecule is CC(C)C[C@H](NC(=O)N1CCCCCC1)C(=O)N[C@H](Cc1c[nH]c2ccccc12)C(=O)N[C@H](Cc1ccc(C(=O)O)cc1)C(=O)O. The summed E-state index contributed by atoms with van der Waals surface area (Å²) in [5.74, 6) is -3.56. The molecule has 6 N–H and O–H groups in total. The molecule has 1 aliphatic rings. The van der Waals surface area contributed by atoms with Crippen molar-refractivity contribution in [2.45, 2.75) is 76.9 Å². The second kappa shape index (κ2) is 15.9. The van der Waals surface area contributed by atoms with E-state index >= 15 is 0 Å². The van der Waals surface area contributed by atoms with Gasteiger partial charge in [0.25, 0.3) is 0 Å². The second-order valence-electron chi connectivity index (χ2n) is 12.3. The number of likely N-dealkylation sites (tertiary alicyclic amines) is 1. The van der Waals surface area contributed by atoms with Gasteiger partial charge in [0.05, 0.1) is 5.56 Å². The van der Waals surface area contributed by atoms with Crippen molar-refractivity contribution in [2.75, 3.05) is 13.1 Å². The van der Waals surface area contributed by atoms with Crippen molar-refractivity contribution in [2.24, 2.45) is 5.92 Å². The molecule has 4 amide bonds. The number of aromatic carboxylic acids is 1. The number of nitrogens with zero attached hydrogens (tertiary/aromatic N) is 1. The predicted octanol–water partition coefficient (Wildman–Crippen LogP) is 3.71. The predicted molar refractivity (Wildman–Crippen MR) is 172 cm³/mol. The van der Waals surface area contributed by atoms with E-state index in [4.69, 9.17) is 5.11 Å². The Morgan fingerprint density at radius 3 is 2.04 bits per heavy atom. The van der Waals surface area contributed by atoms with Crippen molar-refractivity contribution in [1.29, 1.82) is 0 Å². The molecular weight excluding hydrogens is 590 g/mol. The van der Waals surface area contributed by atoms with E-state index in [2.05, 4.69) is 20.9 Å². The van der Waals surface area contributed by atoms with Crippen molar-refractivity contribution in [3.05, 3.63) is 71.4 Å². The lowest BCUT2D eigenvalue weighted by molar-refractivity contribution is -0.142. The average Bonchev–Trinajstić information content (AvgIpc) is 3.22. The van der Waals surface area contributed by atoms with E-state index in [1.807, 2.05) is 38.1 Å². The fourth-order valence-electron chi connectivity index (χ4n) is 5.71. The number of aliphatic carboxylic acids is 1. The van der Waals surface area contributed by atoms with Crippen molar-refractivity contribution in [3.63, 3.8) is 0 Å². The number of aromatic nitrogens is 1. The molecule has 46 heavy (non-hydrogen) atoms. The minimum atomic E-state index is -1.35. The van der Waals surface area contributed by atoms with Crippen LogP contribution in [-0.2, 0) is 27.2 Å². The molecule has 1 fully saturated rings. The van der Waals surface area contributed by atoms with Gasteiger partial charge in [-0.25, -0.2) is 14.4 Å². The smallest absolute Gasteiger partial charge is 0.335 e. The molecule has 1 aliphatic heterocycles. The van der Waals surface area contributed by atoms with E-state index in [-0.39, 0.29) is 30.4 Å². The number of aromatic amines is 1. The number of hydrogen-bond donors (Lipinski definition) is 6. The molecule has 3 atom stereocenters. The molecule has 1 aromatic heterocycles. The number of carboxylic acid groups (broad SMARTS) is 2. The molecule has 12 nitrogen and oxygen atoms in total. The zero-order chi connectivity index (χ0) is 33.2. The van der Waals surface area contributed by atoms with Gasteiger partial charge in [-0.15, -0.1) is 0 Å². The van der Waals surface area contributed by atoms with Crippen LogP contribution in [0.5, 0.6) is 0 Å². The number of benzene rings is 2. The van der Waals surface area contributed by atoms with Crippen LogP contribution >= 0.6 is 0 Å². The number of H-pyrrole nitrogens is 1. The lowest BCUT2D eigenvalue weighted by atomic mass is 10.00. The van der Waals surface area contributed by atoms with Crippen LogP contribution in [0, 0.1) is 5.92 Å². The highest BCUT2D eigenvalue weighted by Gasteiger charge is 2.31. The maximum absolute atomic E-state index is 13.8. The first-order valence-corrected chi connectivity index (χ1v) is 15.8. The summed E-state index contributed by atoms with van der Waals surface area (Å²) >= 11 is 0. The number of carboxylic acids is 2. The van der Waals surface area contributed by atoms with Gasteiger partial charge in [-0.05, 0) is 54.5 Å². The van der Waals surface area contributed by atoms with Crippen LogP contribution in [-0.4, -0.2) is 81.1 Å². The van der Waals surface area contributed by atoms with Crippen LogP contribution in [0.1, 0.15) is 67.4 Å². The topological polar surface area (TPSA) is 181 Å². The minimum absolute atomic E-state index is 0.0556. The van der Waals surface area contributed by atoms with Gasteiger partial charge in [0.15, 0.2) is 0 Å². The maximum atomic E-state index is 13.8. The Morgan fingerprint density at radius 1 is 0.783 bits per heavy atom. The molecule has 12 heteroatoms. The molecule has 0 radical (unpaired) electrons. The zero-order valence-electron chi connectivity index (χ0n) is 26.3. The fourth-order valence-corrected chi connectivity index (χ4v) is 5.71. The van der Waals surface area contributed by atoms with Gasteiger partial charge in [0.1, 0.15) is 18.1 Å². The molecule has 4 rings (SSSR count). The van der Waals surface area contributed by atoms with Crippen molar-refractivity contribution in [3.8, 4) is 0 Å². The number of hydrogen-bond acceptors (Lipinski definition) is 5. The number of carbonyl (C=O) groups excluding carboxylic acids is 3. The van der Waals surface area contributed by atoms with Gasteiger partial charge < -0.3 is 36.0 Å².